The van der Waals surface area contributed by atoms with E-state index in [2.05, 4.69) is 9.71 Å². The average molecular weight is 320 g/mol. The maximum Gasteiger partial charge on any atom is 0.240 e. The Labute approximate surface area is 129 Å². The van der Waals surface area contributed by atoms with E-state index >= 15 is 0 Å². The molecular formula is C16H17FN2O2S. The number of aromatic nitrogens is 1. The first-order valence-corrected chi connectivity index (χ1v) is 8.58. The van der Waals surface area contributed by atoms with Gasteiger partial charge in [0.1, 0.15) is 5.82 Å². The second kappa shape index (κ2) is 5.44. The van der Waals surface area contributed by atoms with Gasteiger partial charge in [-0.2, -0.15) is 0 Å². The average Bonchev–Trinajstić information content (AvgIpc) is 3.27. The maximum absolute atomic E-state index is 13.4. The van der Waals surface area contributed by atoms with Gasteiger partial charge in [0.05, 0.1) is 4.90 Å². The Bertz CT molecular complexity index is 767. The first-order valence-electron chi connectivity index (χ1n) is 7.10. The number of aryl methyl sites for hydroxylation is 1. The summed E-state index contributed by atoms with van der Waals surface area (Å²) in [7, 11) is -3.72. The summed E-state index contributed by atoms with van der Waals surface area (Å²) in [6.07, 6.45) is 3.50. The quantitative estimate of drug-likeness (QED) is 0.921. The molecule has 1 N–H and O–H groups in total. The van der Waals surface area contributed by atoms with E-state index in [9.17, 15) is 12.8 Å². The van der Waals surface area contributed by atoms with Crippen LogP contribution >= 0.6 is 0 Å². The Morgan fingerprint density at radius 1 is 1.27 bits per heavy atom. The zero-order chi connectivity index (χ0) is 15.8. The lowest BCUT2D eigenvalue weighted by atomic mass is 10.0. The molecule has 1 heterocycles. The first-order chi connectivity index (χ1) is 10.4. The number of benzene rings is 1. The van der Waals surface area contributed by atoms with Gasteiger partial charge in [0.2, 0.25) is 10.0 Å². The lowest BCUT2D eigenvalue weighted by Crippen LogP contribution is -2.32. The Balaban J connectivity index is 1.78. The van der Waals surface area contributed by atoms with E-state index in [0.29, 0.717) is 5.56 Å². The Hall–Kier alpha value is -1.79. The summed E-state index contributed by atoms with van der Waals surface area (Å²) in [5, 5.41) is 0. The normalized spacial score (nSPS) is 16.5. The van der Waals surface area contributed by atoms with Gasteiger partial charge in [-0.25, -0.2) is 17.5 Å². The molecule has 1 saturated carbocycles. The Morgan fingerprint density at radius 3 is 2.64 bits per heavy atom. The number of nitrogens with one attached hydrogen (secondary N) is 1. The Morgan fingerprint density at radius 2 is 2.05 bits per heavy atom. The molecular weight excluding hydrogens is 303 g/mol. The number of halogens is 1. The van der Waals surface area contributed by atoms with Crippen molar-refractivity contribution in [1.82, 2.24) is 9.71 Å². The summed E-state index contributed by atoms with van der Waals surface area (Å²) in [6.45, 7) is 1.94. The molecule has 0 unspecified atom stereocenters. The first kappa shape index (κ1) is 15.1. The molecule has 0 saturated heterocycles. The van der Waals surface area contributed by atoms with Crippen molar-refractivity contribution in [3.05, 3.63) is 59.7 Å². The van der Waals surface area contributed by atoms with Crippen LogP contribution in [0.4, 0.5) is 4.39 Å². The second-order valence-corrected chi connectivity index (χ2v) is 7.55. The standard InChI is InChI=1S/C16H17FN2O2S/c1-12-8-13(17)10-14(9-12)22(20,21)19-11-16(5-6-16)15-4-2-3-7-18-15/h2-4,7-10,19H,5-6,11H2,1H3. The lowest BCUT2D eigenvalue weighted by molar-refractivity contribution is 0.561. The van der Waals surface area contributed by atoms with Crippen molar-refractivity contribution in [2.45, 2.75) is 30.1 Å². The van der Waals surface area contributed by atoms with Gasteiger partial charge >= 0.3 is 0 Å². The van der Waals surface area contributed by atoms with Crippen LogP contribution in [0.15, 0.2) is 47.5 Å². The van der Waals surface area contributed by atoms with Crippen LogP contribution in [0.1, 0.15) is 24.1 Å². The number of hydrogen-bond donors (Lipinski definition) is 1. The number of rotatable bonds is 5. The van der Waals surface area contributed by atoms with E-state index in [1.165, 1.54) is 12.1 Å². The van der Waals surface area contributed by atoms with Gasteiger partial charge in [0.15, 0.2) is 0 Å². The Kier molecular flexibility index (Phi) is 3.74. The number of pyridine rings is 1. The van der Waals surface area contributed by atoms with Crippen LogP contribution in [0.3, 0.4) is 0 Å². The van der Waals surface area contributed by atoms with Crippen LogP contribution < -0.4 is 4.72 Å². The van der Waals surface area contributed by atoms with E-state index in [-0.39, 0.29) is 16.9 Å². The highest BCUT2D eigenvalue weighted by Crippen LogP contribution is 2.46. The zero-order valence-corrected chi connectivity index (χ0v) is 13.0. The van der Waals surface area contributed by atoms with Gasteiger partial charge in [-0.05, 0) is 55.7 Å². The molecule has 1 aromatic carbocycles. The molecule has 22 heavy (non-hydrogen) atoms. The fraction of sp³-hybridized carbons (Fsp3) is 0.312. The maximum atomic E-state index is 13.4. The summed E-state index contributed by atoms with van der Waals surface area (Å²) in [5.41, 5.74) is 1.25. The molecule has 0 atom stereocenters. The van der Waals surface area contributed by atoms with Crippen molar-refractivity contribution in [1.29, 1.82) is 0 Å². The lowest BCUT2D eigenvalue weighted by Gasteiger charge is -2.16. The molecule has 116 valence electrons. The van der Waals surface area contributed by atoms with Crippen LogP contribution in [0.5, 0.6) is 0 Å². The van der Waals surface area contributed by atoms with E-state index in [0.717, 1.165) is 24.6 Å². The third-order valence-corrected chi connectivity index (χ3v) is 5.37. The molecule has 3 rings (SSSR count). The van der Waals surface area contributed by atoms with Crippen LogP contribution in [0, 0.1) is 12.7 Å². The van der Waals surface area contributed by atoms with Gasteiger partial charge in [-0.1, -0.05) is 6.07 Å². The van der Waals surface area contributed by atoms with Crippen LogP contribution in [0.25, 0.3) is 0 Å². The molecule has 0 radical (unpaired) electrons. The SMILES string of the molecule is Cc1cc(F)cc(S(=O)(=O)NCC2(c3ccccn3)CC2)c1. The molecule has 1 aliphatic carbocycles. The molecule has 1 aromatic heterocycles. The van der Waals surface area contributed by atoms with Crippen molar-refractivity contribution in [3.8, 4) is 0 Å². The van der Waals surface area contributed by atoms with Gasteiger partial charge < -0.3 is 0 Å². The van der Waals surface area contributed by atoms with Gasteiger partial charge in [0, 0.05) is 23.9 Å². The minimum Gasteiger partial charge on any atom is -0.261 e. The summed E-state index contributed by atoms with van der Waals surface area (Å²) in [6, 6.07) is 9.44. The van der Waals surface area contributed by atoms with Crippen LogP contribution in [-0.4, -0.2) is 19.9 Å². The molecule has 0 amide bonds. The molecule has 0 aliphatic heterocycles. The van der Waals surface area contributed by atoms with E-state index < -0.39 is 15.8 Å². The fourth-order valence-corrected chi connectivity index (χ4v) is 3.77. The number of nitrogens with zero attached hydrogens (tertiary/aromatic N) is 1. The van der Waals surface area contributed by atoms with Crippen LogP contribution in [-0.2, 0) is 15.4 Å². The van der Waals surface area contributed by atoms with Gasteiger partial charge in [0.25, 0.3) is 0 Å². The van der Waals surface area contributed by atoms with E-state index in [1.54, 1.807) is 13.1 Å². The second-order valence-electron chi connectivity index (χ2n) is 5.78. The van der Waals surface area contributed by atoms with Crippen molar-refractivity contribution in [2.24, 2.45) is 0 Å². The highest BCUT2D eigenvalue weighted by Gasteiger charge is 2.46. The third-order valence-electron chi connectivity index (χ3n) is 3.99. The topological polar surface area (TPSA) is 59.1 Å². The third kappa shape index (κ3) is 3.03. The number of sulfonamides is 1. The zero-order valence-electron chi connectivity index (χ0n) is 12.2. The van der Waals surface area contributed by atoms with Crippen molar-refractivity contribution >= 4 is 10.0 Å². The molecule has 0 bridgehead atoms. The van der Waals surface area contributed by atoms with Gasteiger partial charge in [-0.3, -0.25) is 4.98 Å². The summed E-state index contributed by atoms with van der Waals surface area (Å²) in [4.78, 5) is 4.28. The van der Waals surface area contributed by atoms with Crippen molar-refractivity contribution in [2.75, 3.05) is 6.54 Å². The predicted molar refractivity (Wildman–Crippen MR) is 81.5 cm³/mol. The van der Waals surface area contributed by atoms with E-state index in [4.69, 9.17) is 0 Å². The minimum absolute atomic E-state index is 0.0400. The van der Waals surface area contributed by atoms with Crippen molar-refractivity contribution in [3.63, 3.8) is 0 Å². The molecule has 1 fully saturated rings. The monoisotopic (exact) mass is 320 g/mol. The summed E-state index contributed by atoms with van der Waals surface area (Å²) >= 11 is 0. The molecule has 1 aliphatic rings. The van der Waals surface area contributed by atoms with Gasteiger partial charge in [-0.15, -0.1) is 0 Å². The smallest absolute Gasteiger partial charge is 0.240 e. The molecule has 0 spiro atoms. The molecule has 6 heteroatoms. The summed E-state index contributed by atoms with van der Waals surface area (Å²) in [5.74, 6) is -0.550. The largest absolute Gasteiger partial charge is 0.261 e. The van der Waals surface area contributed by atoms with Crippen LogP contribution in [0.2, 0.25) is 0 Å². The molecule has 2 aromatic rings. The molecule has 4 nitrogen and oxygen atoms in total. The fourth-order valence-electron chi connectivity index (χ4n) is 2.53. The minimum atomic E-state index is -3.72. The summed E-state index contributed by atoms with van der Waals surface area (Å²) < 4.78 is 40.7. The predicted octanol–water partition coefficient (Wildman–Crippen LogP) is 2.54. The van der Waals surface area contributed by atoms with Crippen molar-refractivity contribution < 1.29 is 12.8 Å². The van der Waals surface area contributed by atoms with E-state index in [1.807, 2.05) is 18.2 Å². The number of hydrogen-bond acceptors (Lipinski definition) is 3. The highest BCUT2D eigenvalue weighted by molar-refractivity contribution is 7.89. The highest BCUT2D eigenvalue weighted by atomic mass is 32.2.